The molecule has 3 N–H and O–H groups in total. The smallest absolute Gasteiger partial charge is 0.106 e. The highest BCUT2D eigenvalue weighted by Crippen LogP contribution is 2.03. The van der Waals surface area contributed by atoms with E-state index in [0.717, 1.165) is 31.6 Å². The predicted octanol–water partition coefficient (Wildman–Crippen LogP) is 1.64. The molecule has 0 aliphatic rings. The minimum Gasteiger partial charge on any atom is -0.346 e. The van der Waals surface area contributed by atoms with Gasteiger partial charge in [0.15, 0.2) is 0 Å². The monoisotopic (exact) mass is 181 g/mol. The minimum atomic E-state index is 0.741. The molecule has 0 radical (unpaired) electrons. The molecule has 13 heavy (non-hydrogen) atoms. The second-order valence-electron chi connectivity index (χ2n) is 3.35. The van der Waals surface area contributed by atoms with Gasteiger partial charge in [-0.3, -0.25) is 0 Å². The third-order valence-electron chi connectivity index (χ3n) is 2.10. The summed E-state index contributed by atoms with van der Waals surface area (Å²) in [4.78, 5) is 7.61. The molecule has 1 rings (SSSR count). The lowest BCUT2D eigenvalue weighted by Crippen LogP contribution is -2.01. The number of aryl methyl sites for hydroxylation is 2. The van der Waals surface area contributed by atoms with Crippen LogP contribution in [0.1, 0.15) is 37.7 Å². The third kappa shape index (κ3) is 3.59. The lowest BCUT2D eigenvalue weighted by Gasteiger charge is -1.94. The van der Waals surface area contributed by atoms with E-state index in [2.05, 4.69) is 16.9 Å². The van der Waals surface area contributed by atoms with E-state index in [0.29, 0.717) is 0 Å². The summed E-state index contributed by atoms with van der Waals surface area (Å²) in [6.45, 7) is 2.94. The summed E-state index contributed by atoms with van der Waals surface area (Å²) in [5, 5.41) is 0. The largest absolute Gasteiger partial charge is 0.346 e. The fourth-order valence-electron chi connectivity index (χ4n) is 1.30. The molecular weight excluding hydrogens is 162 g/mol. The number of nitrogens with one attached hydrogen (secondary N) is 1. The molecule has 0 spiro atoms. The molecule has 0 aliphatic heterocycles. The Hall–Kier alpha value is -0.830. The van der Waals surface area contributed by atoms with Crippen molar-refractivity contribution in [2.24, 2.45) is 5.73 Å². The maximum absolute atomic E-state index is 5.42. The average Bonchev–Trinajstić information content (AvgIpc) is 2.59. The number of imidazole rings is 1. The molecule has 0 atom stereocenters. The molecule has 0 unspecified atom stereocenters. The third-order valence-corrected chi connectivity index (χ3v) is 2.10. The molecule has 0 bridgehead atoms. The first-order valence-corrected chi connectivity index (χ1v) is 5.09. The fourth-order valence-corrected chi connectivity index (χ4v) is 1.30. The fraction of sp³-hybridized carbons (Fsp3) is 0.700. The molecule has 0 saturated carbocycles. The van der Waals surface area contributed by atoms with Gasteiger partial charge in [0.05, 0.1) is 0 Å². The molecular formula is C10H19N3. The molecule has 0 amide bonds. The highest BCUT2D eigenvalue weighted by Gasteiger charge is 1.99. The van der Waals surface area contributed by atoms with Gasteiger partial charge in [-0.05, 0) is 25.8 Å². The molecule has 1 aromatic rings. The first-order valence-electron chi connectivity index (χ1n) is 5.09. The van der Waals surface area contributed by atoms with Crippen molar-refractivity contribution >= 4 is 0 Å². The topological polar surface area (TPSA) is 54.7 Å². The Kier molecular flexibility index (Phi) is 4.54. The van der Waals surface area contributed by atoms with Gasteiger partial charge in [0.25, 0.3) is 0 Å². The van der Waals surface area contributed by atoms with Crippen LogP contribution in [0.5, 0.6) is 0 Å². The Morgan fingerprint density at radius 1 is 1.38 bits per heavy atom. The van der Waals surface area contributed by atoms with Crippen molar-refractivity contribution in [3.05, 3.63) is 17.7 Å². The number of unbranched alkanes of at least 4 members (excludes halogenated alkanes) is 1. The van der Waals surface area contributed by atoms with E-state index < -0.39 is 0 Å². The van der Waals surface area contributed by atoms with E-state index in [1.807, 2.05) is 6.20 Å². The van der Waals surface area contributed by atoms with Crippen LogP contribution in [0, 0.1) is 0 Å². The summed E-state index contributed by atoms with van der Waals surface area (Å²) in [5.41, 5.74) is 6.68. The molecule has 0 aliphatic carbocycles. The second kappa shape index (κ2) is 5.75. The Labute approximate surface area is 79.8 Å². The SMILES string of the molecule is CCCCc1cnc(CCCN)[nH]1. The van der Waals surface area contributed by atoms with Crippen LogP contribution < -0.4 is 5.73 Å². The van der Waals surface area contributed by atoms with Gasteiger partial charge < -0.3 is 10.7 Å². The Morgan fingerprint density at radius 2 is 2.23 bits per heavy atom. The number of rotatable bonds is 6. The molecule has 3 heteroatoms. The maximum Gasteiger partial charge on any atom is 0.106 e. The molecule has 1 aromatic heterocycles. The van der Waals surface area contributed by atoms with Crippen LogP contribution >= 0.6 is 0 Å². The number of nitrogens with two attached hydrogens (primary N) is 1. The van der Waals surface area contributed by atoms with E-state index in [9.17, 15) is 0 Å². The Morgan fingerprint density at radius 3 is 2.92 bits per heavy atom. The first kappa shape index (κ1) is 10.3. The van der Waals surface area contributed by atoms with Crippen LogP contribution in [0.3, 0.4) is 0 Å². The first-order chi connectivity index (χ1) is 6.36. The molecule has 0 fully saturated rings. The minimum absolute atomic E-state index is 0.741. The van der Waals surface area contributed by atoms with E-state index in [-0.39, 0.29) is 0 Å². The van der Waals surface area contributed by atoms with Gasteiger partial charge in [-0.15, -0.1) is 0 Å². The van der Waals surface area contributed by atoms with Crippen LogP contribution in [0.2, 0.25) is 0 Å². The van der Waals surface area contributed by atoms with Crippen LogP contribution in [0.25, 0.3) is 0 Å². The van der Waals surface area contributed by atoms with Gasteiger partial charge in [0.1, 0.15) is 5.82 Å². The van der Waals surface area contributed by atoms with Crippen molar-refractivity contribution in [1.82, 2.24) is 9.97 Å². The zero-order chi connectivity index (χ0) is 9.52. The molecule has 0 aromatic carbocycles. The highest BCUT2D eigenvalue weighted by atomic mass is 14.9. The zero-order valence-corrected chi connectivity index (χ0v) is 8.34. The van der Waals surface area contributed by atoms with Crippen molar-refractivity contribution < 1.29 is 0 Å². The average molecular weight is 181 g/mol. The summed E-state index contributed by atoms with van der Waals surface area (Å²) in [5.74, 6) is 1.08. The summed E-state index contributed by atoms with van der Waals surface area (Å²) in [6.07, 6.45) is 7.52. The summed E-state index contributed by atoms with van der Waals surface area (Å²) >= 11 is 0. The summed E-state index contributed by atoms with van der Waals surface area (Å²) < 4.78 is 0. The van der Waals surface area contributed by atoms with Gasteiger partial charge in [-0.2, -0.15) is 0 Å². The Balaban J connectivity index is 2.34. The number of H-pyrrole nitrogens is 1. The van der Waals surface area contributed by atoms with E-state index in [1.165, 1.54) is 18.5 Å². The summed E-state index contributed by atoms with van der Waals surface area (Å²) in [7, 11) is 0. The summed E-state index contributed by atoms with van der Waals surface area (Å²) in [6, 6.07) is 0. The van der Waals surface area contributed by atoms with Crippen molar-refractivity contribution in [3.63, 3.8) is 0 Å². The number of hydrogen-bond donors (Lipinski definition) is 2. The van der Waals surface area contributed by atoms with E-state index in [1.54, 1.807) is 0 Å². The van der Waals surface area contributed by atoms with E-state index >= 15 is 0 Å². The number of aromatic nitrogens is 2. The zero-order valence-electron chi connectivity index (χ0n) is 8.34. The quantitative estimate of drug-likeness (QED) is 0.701. The second-order valence-corrected chi connectivity index (χ2v) is 3.35. The van der Waals surface area contributed by atoms with Crippen molar-refractivity contribution in [3.8, 4) is 0 Å². The lowest BCUT2D eigenvalue weighted by atomic mass is 10.2. The number of aromatic amines is 1. The number of nitrogens with zero attached hydrogens (tertiary/aromatic N) is 1. The van der Waals surface area contributed by atoms with Crippen molar-refractivity contribution in [2.75, 3.05) is 6.54 Å². The predicted molar refractivity (Wildman–Crippen MR) is 54.6 cm³/mol. The maximum atomic E-state index is 5.42. The normalized spacial score (nSPS) is 10.6. The van der Waals surface area contributed by atoms with E-state index in [4.69, 9.17) is 5.73 Å². The van der Waals surface area contributed by atoms with Crippen LogP contribution in [0.4, 0.5) is 0 Å². The van der Waals surface area contributed by atoms with Crippen LogP contribution in [-0.4, -0.2) is 16.5 Å². The molecule has 3 nitrogen and oxygen atoms in total. The highest BCUT2D eigenvalue weighted by molar-refractivity contribution is 5.01. The Bertz CT molecular complexity index is 207. The molecule has 1 heterocycles. The molecule has 74 valence electrons. The van der Waals surface area contributed by atoms with Crippen molar-refractivity contribution in [1.29, 1.82) is 0 Å². The van der Waals surface area contributed by atoms with Crippen molar-refractivity contribution in [2.45, 2.75) is 39.0 Å². The van der Waals surface area contributed by atoms with Crippen LogP contribution in [0.15, 0.2) is 6.20 Å². The standard InChI is InChI=1S/C10H19N3/c1-2-3-5-9-8-12-10(13-9)6-4-7-11/h8H,2-7,11H2,1H3,(H,12,13). The van der Waals surface area contributed by atoms with Gasteiger partial charge in [0.2, 0.25) is 0 Å². The van der Waals surface area contributed by atoms with Crippen LogP contribution in [-0.2, 0) is 12.8 Å². The van der Waals surface area contributed by atoms with Gasteiger partial charge in [-0.1, -0.05) is 13.3 Å². The molecule has 0 saturated heterocycles. The van der Waals surface area contributed by atoms with Gasteiger partial charge in [-0.25, -0.2) is 4.98 Å². The van der Waals surface area contributed by atoms with Gasteiger partial charge in [0, 0.05) is 18.3 Å². The number of hydrogen-bond acceptors (Lipinski definition) is 2. The van der Waals surface area contributed by atoms with Gasteiger partial charge >= 0.3 is 0 Å². The lowest BCUT2D eigenvalue weighted by molar-refractivity contribution is 0.765.